The summed E-state index contributed by atoms with van der Waals surface area (Å²) in [4.78, 5) is 3.56. The quantitative estimate of drug-likeness (QED) is 0.622. The molecule has 0 aromatic rings. The van der Waals surface area contributed by atoms with Gasteiger partial charge in [0.25, 0.3) is 0 Å². The van der Waals surface area contributed by atoms with E-state index < -0.39 is 12.3 Å². The lowest BCUT2D eigenvalue weighted by Crippen LogP contribution is -2.31. The summed E-state index contributed by atoms with van der Waals surface area (Å²) < 4.78 is 18.1. The van der Waals surface area contributed by atoms with E-state index in [1.54, 1.807) is 6.08 Å². The minimum absolute atomic E-state index is 0.311. The van der Waals surface area contributed by atoms with Crippen molar-refractivity contribution < 1.29 is 9.13 Å². The lowest BCUT2D eigenvalue weighted by Gasteiger charge is -2.15. The number of aliphatic imine (C=N–C) groups is 1. The normalized spacial score (nSPS) is 34.7. The molecule has 2 atom stereocenters. The second-order valence-electron chi connectivity index (χ2n) is 3.11. The molecule has 1 heterocycles. The highest BCUT2D eigenvalue weighted by Crippen LogP contribution is 2.26. The Labute approximate surface area is 70.1 Å². The Morgan fingerprint density at radius 2 is 2.33 bits per heavy atom. The van der Waals surface area contributed by atoms with Gasteiger partial charge in [0.1, 0.15) is 5.76 Å². The number of rotatable bonds is 2. The molecule has 0 radical (unpaired) electrons. The lowest BCUT2D eigenvalue weighted by molar-refractivity contribution is 0.208. The van der Waals surface area contributed by atoms with E-state index in [2.05, 4.69) is 4.99 Å². The van der Waals surface area contributed by atoms with Crippen LogP contribution in [-0.4, -0.2) is 24.7 Å². The van der Waals surface area contributed by atoms with Crippen LogP contribution in [0.1, 0.15) is 12.8 Å². The highest BCUT2D eigenvalue weighted by molar-refractivity contribution is 5.77. The van der Waals surface area contributed by atoms with Gasteiger partial charge < -0.3 is 10.5 Å². The molecule has 2 N–H and O–H groups in total. The molecule has 2 aliphatic rings. The van der Waals surface area contributed by atoms with Crippen LogP contribution in [0.15, 0.2) is 16.8 Å². The molecule has 0 bridgehead atoms. The van der Waals surface area contributed by atoms with Gasteiger partial charge >= 0.3 is 0 Å². The van der Waals surface area contributed by atoms with Crippen molar-refractivity contribution in [2.45, 2.75) is 31.3 Å². The fourth-order valence-electron chi connectivity index (χ4n) is 1.00. The zero-order chi connectivity index (χ0) is 8.55. The van der Waals surface area contributed by atoms with Gasteiger partial charge in [-0.25, -0.2) is 4.39 Å². The largest absolute Gasteiger partial charge is 0.489 e. The molecule has 0 aromatic heterocycles. The Hall–Kier alpha value is -0.900. The summed E-state index contributed by atoms with van der Waals surface area (Å²) in [7, 11) is 0. The second kappa shape index (κ2) is 2.86. The third kappa shape index (κ3) is 1.64. The minimum atomic E-state index is -1.31. The number of alkyl halides is 1. The maximum atomic E-state index is 12.7. The van der Waals surface area contributed by atoms with Crippen LogP contribution in [0.25, 0.3) is 0 Å². The van der Waals surface area contributed by atoms with Gasteiger partial charge in [0.2, 0.25) is 6.30 Å². The summed E-state index contributed by atoms with van der Waals surface area (Å²) in [6, 6.07) is -0.649. The van der Waals surface area contributed by atoms with Crippen molar-refractivity contribution in [1.82, 2.24) is 0 Å². The fourth-order valence-corrected chi connectivity index (χ4v) is 1.00. The number of allylic oxidation sites excluding steroid dienone is 1. The molecule has 0 spiro atoms. The van der Waals surface area contributed by atoms with Crippen molar-refractivity contribution in [3.8, 4) is 0 Å². The smallest absolute Gasteiger partial charge is 0.208 e. The molecule has 4 heteroatoms. The molecule has 2 rings (SSSR count). The summed E-state index contributed by atoms with van der Waals surface area (Å²) >= 11 is 0. The van der Waals surface area contributed by atoms with Crippen molar-refractivity contribution in [3.05, 3.63) is 11.8 Å². The predicted octanol–water partition coefficient (Wildman–Crippen LogP) is 0.757. The first kappa shape index (κ1) is 7.73. The first-order valence-corrected chi connectivity index (χ1v) is 4.07. The van der Waals surface area contributed by atoms with Crippen LogP contribution in [0.4, 0.5) is 4.39 Å². The first-order valence-electron chi connectivity index (χ1n) is 4.07. The summed E-state index contributed by atoms with van der Waals surface area (Å²) in [5.74, 6) is 0.610. The van der Waals surface area contributed by atoms with Gasteiger partial charge in [0.15, 0.2) is 0 Å². The standard InChI is InChI=1S/C8H11FN2O/c9-8-7(10)3-6(4-11-8)12-5-1-2-5/h3-5,7-8H,1-2,10H2. The molecule has 12 heavy (non-hydrogen) atoms. The maximum absolute atomic E-state index is 12.7. The van der Waals surface area contributed by atoms with E-state index >= 15 is 0 Å². The van der Waals surface area contributed by atoms with Gasteiger partial charge in [-0.3, -0.25) is 4.99 Å². The summed E-state index contributed by atoms with van der Waals surface area (Å²) in [6.45, 7) is 0. The van der Waals surface area contributed by atoms with E-state index in [0.717, 1.165) is 12.8 Å². The third-order valence-electron chi connectivity index (χ3n) is 1.85. The van der Waals surface area contributed by atoms with E-state index in [1.165, 1.54) is 6.21 Å². The van der Waals surface area contributed by atoms with E-state index in [-0.39, 0.29) is 0 Å². The Balaban J connectivity index is 1.97. The number of ether oxygens (including phenoxy) is 1. The van der Waals surface area contributed by atoms with Gasteiger partial charge in [-0.2, -0.15) is 0 Å². The van der Waals surface area contributed by atoms with Crippen molar-refractivity contribution in [3.63, 3.8) is 0 Å². The summed E-state index contributed by atoms with van der Waals surface area (Å²) in [5, 5.41) is 0. The number of dihydropyridines is 1. The van der Waals surface area contributed by atoms with Gasteiger partial charge in [-0.1, -0.05) is 0 Å². The van der Waals surface area contributed by atoms with E-state index in [1.807, 2.05) is 0 Å². The minimum Gasteiger partial charge on any atom is -0.489 e. The molecule has 66 valence electrons. The number of hydrogen-bond acceptors (Lipinski definition) is 3. The molecule has 1 fully saturated rings. The molecule has 2 unspecified atom stereocenters. The van der Waals surface area contributed by atoms with E-state index in [9.17, 15) is 4.39 Å². The lowest BCUT2D eigenvalue weighted by atomic mass is 10.2. The van der Waals surface area contributed by atoms with Crippen molar-refractivity contribution in [2.24, 2.45) is 10.7 Å². The molecule has 3 nitrogen and oxygen atoms in total. The molecule has 0 saturated heterocycles. The topological polar surface area (TPSA) is 47.6 Å². The number of nitrogens with zero attached hydrogens (tertiary/aromatic N) is 1. The average Bonchev–Trinajstić information content (AvgIpc) is 2.81. The van der Waals surface area contributed by atoms with Crippen LogP contribution >= 0.6 is 0 Å². The predicted molar refractivity (Wildman–Crippen MR) is 43.6 cm³/mol. The van der Waals surface area contributed by atoms with Crippen molar-refractivity contribution >= 4 is 6.21 Å². The zero-order valence-corrected chi connectivity index (χ0v) is 6.61. The number of halogens is 1. The van der Waals surface area contributed by atoms with E-state index in [4.69, 9.17) is 10.5 Å². The van der Waals surface area contributed by atoms with Gasteiger partial charge in [0, 0.05) is 0 Å². The Morgan fingerprint density at radius 3 is 2.92 bits per heavy atom. The van der Waals surface area contributed by atoms with Crippen molar-refractivity contribution in [2.75, 3.05) is 0 Å². The number of nitrogens with two attached hydrogens (primary N) is 1. The molecule has 1 aliphatic heterocycles. The first-order chi connectivity index (χ1) is 5.75. The number of hydrogen-bond donors (Lipinski definition) is 1. The highest BCUT2D eigenvalue weighted by atomic mass is 19.1. The van der Waals surface area contributed by atoms with Crippen LogP contribution in [0.3, 0.4) is 0 Å². The second-order valence-corrected chi connectivity index (χ2v) is 3.11. The Bertz CT molecular complexity index is 235. The summed E-state index contributed by atoms with van der Waals surface area (Å²) in [5.41, 5.74) is 5.42. The van der Waals surface area contributed by atoms with E-state index in [0.29, 0.717) is 11.9 Å². The van der Waals surface area contributed by atoms with Gasteiger partial charge in [0.05, 0.1) is 18.4 Å². The Morgan fingerprint density at radius 1 is 1.58 bits per heavy atom. The molecular weight excluding hydrogens is 159 g/mol. The van der Waals surface area contributed by atoms with Gasteiger partial charge in [-0.15, -0.1) is 0 Å². The van der Waals surface area contributed by atoms with Crippen LogP contribution in [-0.2, 0) is 4.74 Å². The van der Waals surface area contributed by atoms with Crippen LogP contribution in [0.2, 0.25) is 0 Å². The fraction of sp³-hybridized carbons (Fsp3) is 0.625. The molecule has 0 amide bonds. The average molecular weight is 170 g/mol. The molecule has 1 aliphatic carbocycles. The van der Waals surface area contributed by atoms with Crippen LogP contribution in [0.5, 0.6) is 0 Å². The highest BCUT2D eigenvalue weighted by Gasteiger charge is 2.26. The third-order valence-corrected chi connectivity index (χ3v) is 1.85. The zero-order valence-electron chi connectivity index (χ0n) is 6.61. The monoisotopic (exact) mass is 170 g/mol. The molecular formula is C8H11FN2O. The van der Waals surface area contributed by atoms with Crippen LogP contribution < -0.4 is 5.73 Å². The van der Waals surface area contributed by atoms with Crippen molar-refractivity contribution in [1.29, 1.82) is 0 Å². The summed E-state index contributed by atoms with van der Waals surface area (Å²) in [6.07, 6.45) is 4.16. The van der Waals surface area contributed by atoms with Gasteiger partial charge in [-0.05, 0) is 18.9 Å². The molecule has 0 aromatic carbocycles. The Kier molecular flexibility index (Phi) is 1.84. The maximum Gasteiger partial charge on any atom is 0.208 e. The molecule has 1 saturated carbocycles. The SMILES string of the molecule is NC1C=C(OC2CC2)C=NC1F. The van der Waals surface area contributed by atoms with Crippen LogP contribution in [0, 0.1) is 0 Å².